The zero-order valence-corrected chi connectivity index (χ0v) is 10.2. The van der Waals surface area contributed by atoms with Crippen LogP contribution in [0.15, 0.2) is 17.6 Å². The van der Waals surface area contributed by atoms with Crippen LogP contribution in [0.2, 0.25) is 0 Å². The largest absolute Gasteiger partial charge is 0.396 e. The van der Waals surface area contributed by atoms with Gasteiger partial charge in [0, 0.05) is 17.7 Å². The standard InChI is InChI=1S/C11H13NOS2/c1-8-12-7-10(15-8)11-9(3-2-5-13)4-6-14-11/h4,6-7,13H,2-3,5H2,1H3. The molecule has 0 atom stereocenters. The summed E-state index contributed by atoms with van der Waals surface area (Å²) in [5, 5.41) is 12.0. The van der Waals surface area contributed by atoms with Crippen molar-refractivity contribution in [1.29, 1.82) is 0 Å². The minimum absolute atomic E-state index is 0.261. The van der Waals surface area contributed by atoms with E-state index in [1.165, 1.54) is 15.3 Å². The maximum atomic E-state index is 8.82. The molecule has 0 amide bonds. The van der Waals surface area contributed by atoms with E-state index >= 15 is 0 Å². The molecule has 2 nitrogen and oxygen atoms in total. The lowest BCUT2D eigenvalue weighted by Gasteiger charge is -1.99. The molecule has 1 N–H and O–H groups in total. The highest BCUT2D eigenvalue weighted by atomic mass is 32.1. The third kappa shape index (κ3) is 2.45. The zero-order valence-electron chi connectivity index (χ0n) is 8.56. The molecule has 4 heteroatoms. The van der Waals surface area contributed by atoms with E-state index in [1.54, 1.807) is 22.7 Å². The number of aliphatic hydroxyl groups excluding tert-OH is 1. The van der Waals surface area contributed by atoms with E-state index in [9.17, 15) is 0 Å². The summed E-state index contributed by atoms with van der Waals surface area (Å²) in [6, 6.07) is 2.14. The molecule has 2 heterocycles. The summed E-state index contributed by atoms with van der Waals surface area (Å²) >= 11 is 3.49. The number of aromatic nitrogens is 1. The van der Waals surface area contributed by atoms with E-state index in [4.69, 9.17) is 5.11 Å². The van der Waals surface area contributed by atoms with E-state index in [-0.39, 0.29) is 6.61 Å². The second-order valence-corrected chi connectivity index (χ2v) is 5.50. The van der Waals surface area contributed by atoms with Crippen molar-refractivity contribution < 1.29 is 5.11 Å². The molecule has 2 aromatic rings. The summed E-state index contributed by atoms with van der Waals surface area (Å²) in [5.74, 6) is 0. The van der Waals surface area contributed by atoms with Gasteiger partial charge in [-0.05, 0) is 36.8 Å². The average molecular weight is 239 g/mol. The molecule has 0 aliphatic heterocycles. The average Bonchev–Trinajstić information content (AvgIpc) is 2.82. The molecule has 0 spiro atoms. The van der Waals surface area contributed by atoms with Gasteiger partial charge in [0.15, 0.2) is 0 Å². The number of hydrogen-bond acceptors (Lipinski definition) is 4. The highest BCUT2D eigenvalue weighted by Crippen LogP contribution is 2.34. The SMILES string of the molecule is Cc1ncc(-c2sccc2CCCO)s1. The minimum Gasteiger partial charge on any atom is -0.396 e. The quantitative estimate of drug-likeness (QED) is 0.889. The Morgan fingerprint density at radius 1 is 1.47 bits per heavy atom. The maximum Gasteiger partial charge on any atom is 0.0900 e. The van der Waals surface area contributed by atoms with Crippen LogP contribution >= 0.6 is 22.7 Å². The lowest BCUT2D eigenvalue weighted by molar-refractivity contribution is 0.288. The van der Waals surface area contributed by atoms with Crippen LogP contribution in [0.25, 0.3) is 9.75 Å². The third-order valence-corrected chi connectivity index (χ3v) is 4.25. The summed E-state index contributed by atoms with van der Waals surface area (Å²) in [4.78, 5) is 6.83. The normalized spacial score (nSPS) is 10.8. The van der Waals surface area contributed by atoms with Gasteiger partial charge in [-0.2, -0.15) is 0 Å². The van der Waals surface area contributed by atoms with E-state index in [1.807, 2.05) is 13.1 Å². The van der Waals surface area contributed by atoms with Gasteiger partial charge >= 0.3 is 0 Å². The van der Waals surface area contributed by atoms with Crippen molar-refractivity contribution >= 4 is 22.7 Å². The molecule has 0 radical (unpaired) electrons. The molecule has 2 rings (SSSR count). The Labute approximate surface area is 97.2 Å². The monoisotopic (exact) mass is 239 g/mol. The van der Waals surface area contributed by atoms with Gasteiger partial charge in [-0.3, -0.25) is 0 Å². The van der Waals surface area contributed by atoms with Crippen molar-refractivity contribution in [3.63, 3.8) is 0 Å². The number of aryl methyl sites for hydroxylation is 2. The molecule has 80 valence electrons. The molecular formula is C11H13NOS2. The topological polar surface area (TPSA) is 33.1 Å². The Bertz CT molecular complexity index is 433. The second kappa shape index (κ2) is 4.88. The van der Waals surface area contributed by atoms with E-state index in [0.717, 1.165) is 17.8 Å². The highest BCUT2D eigenvalue weighted by Gasteiger charge is 2.08. The van der Waals surface area contributed by atoms with Crippen molar-refractivity contribution in [3.05, 3.63) is 28.2 Å². The van der Waals surface area contributed by atoms with Gasteiger partial charge in [-0.25, -0.2) is 4.98 Å². The van der Waals surface area contributed by atoms with Crippen LogP contribution in [0.5, 0.6) is 0 Å². The van der Waals surface area contributed by atoms with Crippen LogP contribution in [-0.2, 0) is 6.42 Å². The molecule has 0 aliphatic rings. The molecule has 0 saturated heterocycles. The lowest BCUT2D eigenvalue weighted by Crippen LogP contribution is -1.88. The Morgan fingerprint density at radius 3 is 3.00 bits per heavy atom. The third-order valence-electron chi connectivity index (χ3n) is 2.20. The maximum absolute atomic E-state index is 8.82. The van der Waals surface area contributed by atoms with Gasteiger partial charge in [0.25, 0.3) is 0 Å². The van der Waals surface area contributed by atoms with Gasteiger partial charge in [0.05, 0.1) is 9.88 Å². The van der Waals surface area contributed by atoms with Gasteiger partial charge in [0.2, 0.25) is 0 Å². The van der Waals surface area contributed by atoms with E-state index in [2.05, 4.69) is 16.4 Å². The number of hydrogen-bond donors (Lipinski definition) is 1. The first kappa shape index (κ1) is 10.8. The Hall–Kier alpha value is -0.710. The van der Waals surface area contributed by atoms with E-state index in [0.29, 0.717) is 0 Å². The summed E-state index contributed by atoms with van der Waals surface area (Å²) in [5.41, 5.74) is 1.33. The number of thiophene rings is 1. The summed E-state index contributed by atoms with van der Waals surface area (Å²) < 4.78 is 0. The molecule has 0 aromatic carbocycles. The fraction of sp³-hybridized carbons (Fsp3) is 0.364. The van der Waals surface area contributed by atoms with Crippen LogP contribution in [0.1, 0.15) is 17.0 Å². The Morgan fingerprint density at radius 2 is 2.33 bits per heavy atom. The number of nitrogens with zero attached hydrogens (tertiary/aromatic N) is 1. The predicted molar refractivity (Wildman–Crippen MR) is 65.6 cm³/mol. The molecule has 15 heavy (non-hydrogen) atoms. The molecule has 0 aliphatic carbocycles. The zero-order chi connectivity index (χ0) is 10.7. The number of rotatable bonds is 4. The minimum atomic E-state index is 0.261. The number of thiazole rings is 1. The summed E-state index contributed by atoms with van der Waals surface area (Å²) in [7, 11) is 0. The predicted octanol–water partition coefficient (Wildman–Crippen LogP) is 3.10. The van der Waals surface area contributed by atoms with Crippen molar-refractivity contribution in [2.45, 2.75) is 19.8 Å². The van der Waals surface area contributed by atoms with Gasteiger partial charge in [0.1, 0.15) is 0 Å². The smallest absolute Gasteiger partial charge is 0.0900 e. The van der Waals surface area contributed by atoms with E-state index < -0.39 is 0 Å². The first-order chi connectivity index (χ1) is 7.31. The van der Waals surface area contributed by atoms with Crippen LogP contribution in [0, 0.1) is 6.92 Å². The Kier molecular flexibility index (Phi) is 3.51. The summed E-state index contributed by atoms with van der Waals surface area (Å²) in [6.45, 7) is 2.28. The molecular weight excluding hydrogens is 226 g/mol. The second-order valence-electron chi connectivity index (χ2n) is 3.35. The lowest BCUT2D eigenvalue weighted by atomic mass is 10.1. The van der Waals surface area contributed by atoms with Gasteiger partial charge in [-0.15, -0.1) is 22.7 Å². The molecule has 0 saturated carbocycles. The number of aliphatic hydroxyl groups is 1. The van der Waals surface area contributed by atoms with Crippen molar-refractivity contribution in [1.82, 2.24) is 4.98 Å². The van der Waals surface area contributed by atoms with Crippen LogP contribution in [-0.4, -0.2) is 16.7 Å². The molecule has 0 bridgehead atoms. The first-order valence-electron chi connectivity index (χ1n) is 4.91. The van der Waals surface area contributed by atoms with Gasteiger partial charge < -0.3 is 5.11 Å². The molecule has 0 unspecified atom stereocenters. The Balaban J connectivity index is 2.24. The molecule has 0 fully saturated rings. The summed E-state index contributed by atoms with van der Waals surface area (Å²) in [6.07, 6.45) is 3.72. The fourth-order valence-electron chi connectivity index (χ4n) is 1.48. The van der Waals surface area contributed by atoms with Gasteiger partial charge in [-0.1, -0.05) is 0 Å². The van der Waals surface area contributed by atoms with Crippen LogP contribution < -0.4 is 0 Å². The first-order valence-corrected chi connectivity index (χ1v) is 6.61. The van der Waals surface area contributed by atoms with Crippen LogP contribution in [0.4, 0.5) is 0 Å². The fourth-order valence-corrected chi connectivity index (χ4v) is 3.37. The highest BCUT2D eigenvalue weighted by molar-refractivity contribution is 7.21. The molecule has 2 aromatic heterocycles. The van der Waals surface area contributed by atoms with Crippen molar-refractivity contribution in [2.24, 2.45) is 0 Å². The van der Waals surface area contributed by atoms with Crippen molar-refractivity contribution in [3.8, 4) is 9.75 Å². The van der Waals surface area contributed by atoms with Crippen LogP contribution in [0.3, 0.4) is 0 Å². The van der Waals surface area contributed by atoms with Crippen molar-refractivity contribution in [2.75, 3.05) is 6.61 Å².